The Hall–Kier alpha value is -3.24. The van der Waals surface area contributed by atoms with Crippen molar-refractivity contribution < 1.29 is 19.4 Å². The smallest absolute Gasteiger partial charge is 0.268 e. The number of para-hydroxylation sites is 1. The number of nitro groups is 2. The number of thioether (sulfide) groups is 1. The molecule has 0 unspecified atom stereocenters. The van der Waals surface area contributed by atoms with Crippen LogP contribution >= 0.6 is 23.4 Å². The van der Waals surface area contributed by atoms with Gasteiger partial charge in [0.2, 0.25) is 0 Å². The molecule has 0 atom stereocenters. The van der Waals surface area contributed by atoms with Gasteiger partial charge in [-0.25, -0.2) is 0 Å². The predicted octanol–water partition coefficient (Wildman–Crippen LogP) is 4.39. The average Bonchev–Trinajstić information content (AvgIpc) is 2.91. The van der Waals surface area contributed by atoms with Crippen LogP contribution in [0.3, 0.4) is 0 Å². The maximum atomic E-state index is 12.6. The molecule has 2 amide bonds. The van der Waals surface area contributed by atoms with E-state index in [0.29, 0.717) is 11.8 Å². The van der Waals surface area contributed by atoms with E-state index in [1.54, 1.807) is 6.07 Å². The van der Waals surface area contributed by atoms with Crippen molar-refractivity contribution in [2.45, 2.75) is 6.54 Å². The van der Waals surface area contributed by atoms with Gasteiger partial charge in [0.25, 0.3) is 22.5 Å². The summed E-state index contributed by atoms with van der Waals surface area (Å²) < 4.78 is 0. The number of imide groups is 1. The van der Waals surface area contributed by atoms with Crippen LogP contribution in [0, 0.1) is 20.2 Å². The van der Waals surface area contributed by atoms with Gasteiger partial charge in [0, 0.05) is 34.3 Å². The van der Waals surface area contributed by atoms with E-state index in [4.69, 9.17) is 11.6 Å². The second-order valence-corrected chi connectivity index (χ2v) is 7.02. The summed E-state index contributed by atoms with van der Waals surface area (Å²) in [6.45, 7) is -0.262. The van der Waals surface area contributed by atoms with E-state index in [2.05, 4.69) is 0 Å². The van der Waals surface area contributed by atoms with Crippen molar-refractivity contribution in [3.05, 3.63) is 83.7 Å². The highest BCUT2D eigenvalue weighted by Gasteiger charge is 2.36. The summed E-state index contributed by atoms with van der Waals surface area (Å²) in [7, 11) is 0. The topological polar surface area (TPSA) is 124 Å². The molecule has 0 spiro atoms. The lowest BCUT2D eigenvalue weighted by atomic mass is 10.1. The first-order chi connectivity index (χ1) is 13.3. The summed E-state index contributed by atoms with van der Waals surface area (Å²) in [4.78, 5) is 46.6. The highest BCUT2D eigenvalue weighted by molar-refractivity contribution is 8.18. The van der Waals surface area contributed by atoms with Gasteiger partial charge < -0.3 is 0 Å². The van der Waals surface area contributed by atoms with Crippen LogP contribution in [0.15, 0.2) is 47.4 Å². The van der Waals surface area contributed by atoms with Crippen molar-refractivity contribution in [3.63, 3.8) is 0 Å². The van der Waals surface area contributed by atoms with E-state index in [1.165, 1.54) is 42.5 Å². The van der Waals surface area contributed by atoms with Crippen LogP contribution < -0.4 is 0 Å². The largest absolute Gasteiger partial charge is 0.293 e. The highest BCUT2D eigenvalue weighted by Crippen LogP contribution is 2.36. The van der Waals surface area contributed by atoms with E-state index >= 15 is 0 Å². The van der Waals surface area contributed by atoms with E-state index in [-0.39, 0.29) is 39.0 Å². The van der Waals surface area contributed by atoms with Crippen molar-refractivity contribution in [3.8, 4) is 0 Å². The molecule has 1 saturated heterocycles. The minimum absolute atomic E-state index is 0.0194. The molecule has 11 heteroatoms. The summed E-state index contributed by atoms with van der Waals surface area (Å²) in [6.07, 6.45) is 1.29. The molecule has 142 valence electrons. The van der Waals surface area contributed by atoms with Gasteiger partial charge in [-0.15, -0.1) is 0 Å². The van der Waals surface area contributed by atoms with Gasteiger partial charge in [0.05, 0.1) is 21.3 Å². The van der Waals surface area contributed by atoms with Crippen LogP contribution in [-0.2, 0) is 11.3 Å². The molecule has 0 radical (unpaired) electrons. The van der Waals surface area contributed by atoms with E-state index in [1.807, 2.05) is 0 Å². The first-order valence-corrected chi connectivity index (χ1v) is 8.89. The Balaban J connectivity index is 1.91. The Labute approximate surface area is 166 Å². The number of hydrogen-bond donors (Lipinski definition) is 0. The summed E-state index contributed by atoms with van der Waals surface area (Å²) in [6, 6.07) is 9.54. The molecule has 0 bridgehead atoms. The van der Waals surface area contributed by atoms with Gasteiger partial charge in [0.1, 0.15) is 0 Å². The number of non-ortho nitro benzene ring substituents is 1. The average molecular weight is 420 g/mol. The Morgan fingerprint density at radius 3 is 2.46 bits per heavy atom. The summed E-state index contributed by atoms with van der Waals surface area (Å²) >= 11 is 6.66. The normalized spacial score (nSPS) is 15.3. The maximum absolute atomic E-state index is 12.6. The molecule has 3 rings (SSSR count). The minimum atomic E-state index is -0.657. The van der Waals surface area contributed by atoms with Crippen molar-refractivity contribution >= 4 is 52.0 Å². The Morgan fingerprint density at radius 2 is 1.79 bits per heavy atom. The number of amides is 2. The number of rotatable bonds is 5. The summed E-state index contributed by atoms with van der Waals surface area (Å²) in [5, 5.41) is 21.6. The van der Waals surface area contributed by atoms with Gasteiger partial charge in [-0.1, -0.05) is 29.8 Å². The Bertz CT molecular complexity index is 1050. The van der Waals surface area contributed by atoms with E-state index < -0.39 is 21.0 Å². The monoisotopic (exact) mass is 419 g/mol. The first kappa shape index (κ1) is 19.5. The zero-order chi connectivity index (χ0) is 20.4. The number of hydrogen-bond acceptors (Lipinski definition) is 7. The predicted molar refractivity (Wildman–Crippen MR) is 103 cm³/mol. The zero-order valence-corrected chi connectivity index (χ0v) is 15.5. The van der Waals surface area contributed by atoms with Gasteiger partial charge in [-0.3, -0.25) is 34.7 Å². The van der Waals surface area contributed by atoms with Crippen LogP contribution in [0.5, 0.6) is 0 Å². The van der Waals surface area contributed by atoms with E-state index in [9.17, 15) is 29.8 Å². The lowest BCUT2D eigenvalue weighted by molar-refractivity contribution is -0.385. The standard InChI is InChI=1S/C17H10ClN3O6S/c18-13-6-5-12(20(24)25)7-11(13)8-15-16(22)19(17(23)28-15)9-10-3-1-2-4-14(10)21(26)27/h1-8H,9H2/b15-8-. The molecule has 1 aliphatic rings. The molecule has 1 aliphatic heterocycles. The summed E-state index contributed by atoms with van der Waals surface area (Å²) in [5.74, 6) is -0.657. The molecule has 1 heterocycles. The first-order valence-electron chi connectivity index (χ1n) is 7.69. The van der Waals surface area contributed by atoms with Crippen LogP contribution in [-0.4, -0.2) is 25.9 Å². The molecule has 0 aromatic heterocycles. The molecule has 9 nitrogen and oxygen atoms in total. The number of carbonyl (C=O) groups excluding carboxylic acids is 2. The zero-order valence-electron chi connectivity index (χ0n) is 13.9. The summed E-state index contributed by atoms with van der Waals surface area (Å²) in [5.41, 5.74) is 0.0125. The molecule has 0 saturated carbocycles. The van der Waals surface area contributed by atoms with Crippen molar-refractivity contribution in [2.75, 3.05) is 0 Å². The van der Waals surface area contributed by atoms with Crippen LogP contribution in [0.4, 0.5) is 16.2 Å². The lowest BCUT2D eigenvalue weighted by Crippen LogP contribution is -2.27. The third kappa shape index (κ3) is 3.87. The molecule has 28 heavy (non-hydrogen) atoms. The van der Waals surface area contributed by atoms with Gasteiger partial charge in [0.15, 0.2) is 0 Å². The number of carbonyl (C=O) groups is 2. The fourth-order valence-electron chi connectivity index (χ4n) is 2.53. The maximum Gasteiger partial charge on any atom is 0.293 e. The molecule has 2 aromatic carbocycles. The van der Waals surface area contributed by atoms with Crippen LogP contribution in [0.2, 0.25) is 5.02 Å². The van der Waals surface area contributed by atoms with Crippen molar-refractivity contribution in [1.82, 2.24) is 4.90 Å². The van der Waals surface area contributed by atoms with Crippen molar-refractivity contribution in [2.24, 2.45) is 0 Å². The lowest BCUT2D eigenvalue weighted by Gasteiger charge is -2.12. The molecule has 0 aliphatic carbocycles. The number of nitro benzene ring substituents is 2. The van der Waals surface area contributed by atoms with Gasteiger partial charge >= 0.3 is 0 Å². The third-order valence-corrected chi connectivity index (χ3v) is 5.12. The second-order valence-electron chi connectivity index (χ2n) is 5.62. The molecule has 2 aromatic rings. The van der Waals surface area contributed by atoms with Crippen LogP contribution in [0.1, 0.15) is 11.1 Å². The van der Waals surface area contributed by atoms with Gasteiger partial charge in [-0.2, -0.15) is 0 Å². The fraction of sp³-hybridized carbons (Fsp3) is 0.0588. The molecule has 1 fully saturated rings. The second kappa shape index (κ2) is 7.79. The number of halogens is 1. The van der Waals surface area contributed by atoms with E-state index in [0.717, 1.165) is 4.90 Å². The minimum Gasteiger partial charge on any atom is -0.268 e. The van der Waals surface area contributed by atoms with Crippen molar-refractivity contribution in [1.29, 1.82) is 0 Å². The highest BCUT2D eigenvalue weighted by atomic mass is 35.5. The Kier molecular flexibility index (Phi) is 5.43. The molecular weight excluding hydrogens is 410 g/mol. The SMILES string of the molecule is O=C1S/C(=C\c2cc([N+](=O)[O-])ccc2Cl)C(=O)N1Cc1ccccc1[N+](=O)[O-]. The molecular formula is C17H10ClN3O6S. The quantitative estimate of drug-likeness (QED) is 0.399. The fourth-order valence-corrected chi connectivity index (χ4v) is 3.53. The van der Waals surface area contributed by atoms with Crippen LogP contribution in [0.25, 0.3) is 6.08 Å². The third-order valence-electron chi connectivity index (χ3n) is 3.87. The number of nitrogens with zero attached hydrogens (tertiary/aromatic N) is 3. The Morgan fingerprint density at radius 1 is 1.07 bits per heavy atom. The van der Waals surface area contributed by atoms with Gasteiger partial charge in [-0.05, 0) is 23.9 Å². The number of benzene rings is 2. The molecule has 0 N–H and O–H groups in total.